The first-order valence-corrected chi connectivity index (χ1v) is 8.81. The minimum atomic E-state index is -0.190. The second-order valence-electron chi connectivity index (χ2n) is 6.73. The van der Waals surface area contributed by atoms with Gasteiger partial charge in [-0.15, -0.1) is 0 Å². The van der Waals surface area contributed by atoms with E-state index < -0.39 is 0 Å². The third-order valence-corrected chi connectivity index (χ3v) is 4.53. The van der Waals surface area contributed by atoms with Crippen LogP contribution in [-0.4, -0.2) is 25.0 Å². The lowest BCUT2D eigenvalue weighted by atomic mass is 10.1. The van der Waals surface area contributed by atoms with Crippen LogP contribution < -0.4 is 15.5 Å². The molecule has 138 valence electrons. The van der Waals surface area contributed by atoms with Crippen LogP contribution >= 0.6 is 0 Å². The van der Waals surface area contributed by atoms with Crippen LogP contribution in [0, 0.1) is 13.8 Å². The van der Waals surface area contributed by atoms with Crippen molar-refractivity contribution in [2.45, 2.75) is 13.8 Å². The lowest BCUT2D eigenvalue weighted by Crippen LogP contribution is -2.13. The number of aromatic nitrogens is 1. The number of hydrogen-bond acceptors (Lipinski definition) is 4. The minimum absolute atomic E-state index is 0.190. The van der Waals surface area contributed by atoms with E-state index in [-0.39, 0.29) is 5.91 Å². The van der Waals surface area contributed by atoms with Crippen molar-refractivity contribution in [2.75, 3.05) is 29.6 Å². The lowest BCUT2D eigenvalue weighted by molar-refractivity contribution is 0.102. The van der Waals surface area contributed by atoms with Crippen LogP contribution in [0.1, 0.15) is 21.5 Å². The van der Waals surface area contributed by atoms with Gasteiger partial charge < -0.3 is 15.5 Å². The third kappa shape index (κ3) is 4.44. The second kappa shape index (κ2) is 7.91. The maximum absolute atomic E-state index is 12.6. The standard InChI is InChI=1S/C22H24N4O/c1-15-6-5-7-21(16(15)2)24-19-12-17(13-23-14-19)22(27)25-18-8-10-20(11-9-18)26(3)4/h5-14,24H,1-4H3,(H,25,27). The van der Waals surface area contributed by atoms with E-state index in [0.717, 1.165) is 22.7 Å². The zero-order valence-electron chi connectivity index (χ0n) is 16.1. The number of nitrogens with one attached hydrogen (secondary N) is 2. The number of rotatable bonds is 5. The van der Waals surface area contributed by atoms with E-state index in [9.17, 15) is 4.79 Å². The molecule has 5 heteroatoms. The summed E-state index contributed by atoms with van der Waals surface area (Å²) < 4.78 is 0. The van der Waals surface area contributed by atoms with Crippen molar-refractivity contribution in [2.24, 2.45) is 0 Å². The van der Waals surface area contributed by atoms with Gasteiger partial charge in [0.1, 0.15) is 0 Å². The van der Waals surface area contributed by atoms with Crippen molar-refractivity contribution in [1.29, 1.82) is 0 Å². The van der Waals surface area contributed by atoms with Gasteiger partial charge in [0, 0.05) is 37.4 Å². The Morgan fingerprint density at radius 1 is 0.963 bits per heavy atom. The highest BCUT2D eigenvalue weighted by Gasteiger charge is 2.09. The molecule has 0 radical (unpaired) electrons. The van der Waals surface area contributed by atoms with E-state index in [1.807, 2.05) is 55.4 Å². The van der Waals surface area contributed by atoms with Gasteiger partial charge in [0.25, 0.3) is 5.91 Å². The molecule has 0 spiro atoms. The molecular formula is C22H24N4O. The monoisotopic (exact) mass is 360 g/mol. The second-order valence-corrected chi connectivity index (χ2v) is 6.73. The summed E-state index contributed by atoms with van der Waals surface area (Å²) in [6, 6.07) is 15.6. The van der Waals surface area contributed by atoms with Gasteiger partial charge in [0.05, 0.1) is 17.4 Å². The third-order valence-electron chi connectivity index (χ3n) is 4.53. The Morgan fingerprint density at radius 3 is 2.41 bits per heavy atom. The highest BCUT2D eigenvalue weighted by molar-refractivity contribution is 6.04. The fraction of sp³-hybridized carbons (Fsp3) is 0.182. The molecule has 1 aromatic heterocycles. The number of pyridine rings is 1. The Balaban J connectivity index is 1.74. The zero-order valence-corrected chi connectivity index (χ0v) is 16.1. The number of amides is 1. The molecular weight excluding hydrogens is 336 g/mol. The van der Waals surface area contributed by atoms with Crippen LogP contribution in [0.15, 0.2) is 60.9 Å². The Labute approximate surface area is 160 Å². The fourth-order valence-electron chi connectivity index (χ4n) is 2.72. The van der Waals surface area contributed by atoms with Gasteiger partial charge in [-0.3, -0.25) is 9.78 Å². The summed E-state index contributed by atoms with van der Waals surface area (Å²) in [6.07, 6.45) is 3.28. The Morgan fingerprint density at radius 2 is 1.70 bits per heavy atom. The predicted octanol–water partition coefficient (Wildman–Crippen LogP) is 4.76. The molecule has 3 rings (SSSR count). The maximum Gasteiger partial charge on any atom is 0.257 e. The van der Waals surface area contributed by atoms with Crippen molar-refractivity contribution < 1.29 is 4.79 Å². The van der Waals surface area contributed by atoms with Crippen LogP contribution in [0.25, 0.3) is 0 Å². The summed E-state index contributed by atoms with van der Waals surface area (Å²) >= 11 is 0. The predicted molar refractivity (Wildman–Crippen MR) is 112 cm³/mol. The molecule has 0 aliphatic heterocycles. The van der Waals surface area contributed by atoms with E-state index in [1.54, 1.807) is 18.5 Å². The van der Waals surface area contributed by atoms with Gasteiger partial charge in [-0.25, -0.2) is 0 Å². The number of carbonyl (C=O) groups is 1. The summed E-state index contributed by atoms with van der Waals surface area (Å²) in [4.78, 5) is 18.8. The molecule has 2 N–H and O–H groups in total. The summed E-state index contributed by atoms with van der Waals surface area (Å²) in [5.41, 5.74) is 6.50. The van der Waals surface area contributed by atoms with Crippen LogP contribution in [0.2, 0.25) is 0 Å². The average Bonchev–Trinajstić information content (AvgIpc) is 2.66. The molecule has 2 aromatic carbocycles. The number of carbonyl (C=O) groups excluding carboxylic acids is 1. The molecule has 0 saturated carbocycles. The Hall–Kier alpha value is -3.34. The topological polar surface area (TPSA) is 57.3 Å². The molecule has 0 aliphatic carbocycles. The van der Waals surface area contributed by atoms with Crippen LogP contribution in [0.3, 0.4) is 0 Å². The van der Waals surface area contributed by atoms with E-state index in [1.165, 1.54) is 11.1 Å². The van der Waals surface area contributed by atoms with Crippen molar-refractivity contribution in [3.05, 3.63) is 77.6 Å². The number of hydrogen-bond donors (Lipinski definition) is 2. The number of nitrogens with zero attached hydrogens (tertiary/aromatic N) is 2. The van der Waals surface area contributed by atoms with Gasteiger partial charge in [-0.2, -0.15) is 0 Å². The molecule has 27 heavy (non-hydrogen) atoms. The van der Waals surface area contributed by atoms with E-state index in [0.29, 0.717) is 5.56 Å². The van der Waals surface area contributed by atoms with Gasteiger partial charge in [0.15, 0.2) is 0 Å². The largest absolute Gasteiger partial charge is 0.378 e. The van der Waals surface area contributed by atoms with Crippen molar-refractivity contribution >= 4 is 28.7 Å². The fourth-order valence-corrected chi connectivity index (χ4v) is 2.72. The molecule has 0 saturated heterocycles. The molecule has 1 amide bonds. The van der Waals surface area contributed by atoms with Crippen LogP contribution in [-0.2, 0) is 0 Å². The molecule has 0 aliphatic rings. The normalized spacial score (nSPS) is 10.4. The maximum atomic E-state index is 12.6. The summed E-state index contributed by atoms with van der Waals surface area (Å²) in [5.74, 6) is -0.190. The van der Waals surface area contributed by atoms with E-state index in [4.69, 9.17) is 0 Å². The van der Waals surface area contributed by atoms with E-state index in [2.05, 4.69) is 35.5 Å². The quantitative estimate of drug-likeness (QED) is 0.689. The van der Waals surface area contributed by atoms with Crippen molar-refractivity contribution in [3.63, 3.8) is 0 Å². The van der Waals surface area contributed by atoms with Gasteiger partial charge in [-0.05, 0) is 61.4 Å². The van der Waals surface area contributed by atoms with Gasteiger partial charge in [0.2, 0.25) is 0 Å². The number of benzene rings is 2. The number of anilines is 4. The zero-order chi connectivity index (χ0) is 19.4. The Kier molecular flexibility index (Phi) is 5.41. The minimum Gasteiger partial charge on any atom is -0.378 e. The first-order valence-electron chi connectivity index (χ1n) is 8.81. The average molecular weight is 360 g/mol. The lowest BCUT2D eigenvalue weighted by Gasteiger charge is -2.13. The molecule has 1 heterocycles. The van der Waals surface area contributed by atoms with Crippen molar-refractivity contribution in [3.8, 4) is 0 Å². The van der Waals surface area contributed by atoms with Crippen LogP contribution in [0.5, 0.6) is 0 Å². The highest BCUT2D eigenvalue weighted by atomic mass is 16.1. The van der Waals surface area contributed by atoms with Crippen molar-refractivity contribution in [1.82, 2.24) is 4.98 Å². The summed E-state index contributed by atoms with van der Waals surface area (Å²) in [7, 11) is 3.96. The molecule has 0 atom stereocenters. The summed E-state index contributed by atoms with van der Waals surface area (Å²) in [6.45, 7) is 4.14. The molecule has 0 bridgehead atoms. The molecule has 0 fully saturated rings. The first-order chi connectivity index (χ1) is 12.9. The Bertz CT molecular complexity index is 949. The van der Waals surface area contributed by atoms with E-state index >= 15 is 0 Å². The molecule has 5 nitrogen and oxygen atoms in total. The summed E-state index contributed by atoms with van der Waals surface area (Å²) in [5, 5.41) is 6.25. The highest BCUT2D eigenvalue weighted by Crippen LogP contribution is 2.23. The van der Waals surface area contributed by atoms with Gasteiger partial charge >= 0.3 is 0 Å². The molecule has 3 aromatic rings. The van der Waals surface area contributed by atoms with Gasteiger partial charge in [-0.1, -0.05) is 12.1 Å². The molecule has 0 unspecified atom stereocenters. The smallest absolute Gasteiger partial charge is 0.257 e. The SMILES string of the molecule is Cc1cccc(Nc2cncc(C(=O)Nc3ccc(N(C)C)cc3)c2)c1C. The number of aryl methyl sites for hydroxylation is 1. The first kappa shape index (κ1) is 18.5. The van der Waals surface area contributed by atoms with Crippen LogP contribution in [0.4, 0.5) is 22.7 Å².